The monoisotopic (exact) mass is 1920 g/mol. The van der Waals surface area contributed by atoms with Crippen molar-refractivity contribution in [2.24, 2.45) is 11.7 Å². The van der Waals surface area contributed by atoms with Crippen LogP contribution < -0.4 is 56.0 Å². The van der Waals surface area contributed by atoms with Gasteiger partial charge in [0.1, 0.15) is 40.5 Å². The predicted octanol–water partition coefficient (Wildman–Crippen LogP) is 16.7. The van der Waals surface area contributed by atoms with Gasteiger partial charge in [0.25, 0.3) is 29.5 Å². The maximum atomic E-state index is 13.1. The minimum Gasteiger partial charge on any atom is -0.495 e. The number of hydrogen-bond donors (Lipinski definition) is 12. The van der Waals surface area contributed by atoms with Crippen LogP contribution in [0.2, 0.25) is 0 Å². The fourth-order valence-corrected chi connectivity index (χ4v) is 15.8. The molecule has 6 aromatic carbocycles. The molecule has 0 radical (unpaired) electrons. The Balaban J connectivity index is 0.000000134. The van der Waals surface area contributed by atoms with Crippen LogP contribution in [0, 0.1) is 5.92 Å². The number of aromatic nitrogens is 15. The number of ether oxygens (including phenoxy) is 5. The van der Waals surface area contributed by atoms with E-state index >= 15 is 0 Å². The Labute approximate surface area is 818 Å². The molecular weight excluding hydrogens is 1820 g/mol. The van der Waals surface area contributed by atoms with E-state index in [9.17, 15) is 33.9 Å². The normalized spacial score (nSPS) is 12.2. The first kappa shape index (κ1) is 98.4. The molecule has 718 valence electrons. The second-order valence-corrected chi connectivity index (χ2v) is 33.4. The number of carbonyl (C=O) groups is 6. The Hall–Kier alpha value is -18.1. The molecule has 35 heteroatoms. The number of H-pyrrole nitrogens is 5. The topological polar surface area (TPSA) is 476 Å². The van der Waals surface area contributed by atoms with Gasteiger partial charge < -0.3 is 65.5 Å². The maximum absolute atomic E-state index is 13.1. The summed E-state index contributed by atoms with van der Waals surface area (Å²) in [6.45, 7) is 4.55. The summed E-state index contributed by atoms with van der Waals surface area (Å²) in [6.07, 6.45) is 40.4. The molecule has 34 nitrogen and oxygen atoms in total. The minimum absolute atomic E-state index is 0.105. The highest BCUT2D eigenvalue weighted by Crippen LogP contribution is 2.39. The molecule has 12 aromatic heterocycles. The van der Waals surface area contributed by atoms with E-state index < -0.39 is 17.9 Å². The van der Waals surface area contributed by atoms with Crippen molar-refractivity contribution >= 4 is 162 Å². The molecule has 0 aliphatic heterocycles. The Bertz CT molecular complexity index is 7330. The molecule has 1 aliphatic carbocycles. The van der Waals surface area contributed by atoms with Crippen molar-refractivity contribution in [1.29, 1.82) is 0 Å². The van der Waals surface area contributed by atoms with E-state index in [1.165, 1.54) is 14.2 Å². The van der Waals surface area contributed by atoms with Gasteiger partial charge in [-0.05, 0) is 227 Å². The summed E-state index contributed by atoms with van der Waals surface area (Å²) in [5.74, 6) is 1.20. The SMILES string of the molecule is COc1c(C(=O)NC(CO)C(C)C)ccc2n[nH]c(/C=C/c3ccncc3)c12.COc1c(C(=O)NC(Cc2ccccc2)C(N)=O)ccc2n[nH]c(/C=C/c3ccncc3)c12.COc1c(C(=O)NC2CC2)ccc2n[nH]c(/C=C/c3ccncc3)c12.COc1c(C(=O)NCc2ccco2)ccc2n[nH]c(/C=C/c3ccncc3)c12.COc1c(C(=O)NCc2cccs2)ccc2n[nH]c(/C=C/c3ccncc3)c12. The van der Waals surface area contributed by atoms with E-state index in [0.29, 0.717) is 104 Å². The van der Waals surface area contributed by atoms with Crippen molar-refractivity contribution in [3.8, 4) is 28.7 Å². The van der Waals surface area contributed by atoms with Gasteiger partial charge in [-0.1, -0.05) is 80.6 Å². The molecule has 19 rings (SSSR count). The number of furan rings is 1. The molecule has 0 saturated heterocycles. The third-order valence-electron chi connectivity index (χ3n) is 22.7. The average molecular weight is 1920 g/mol. The lowest BCUT2D eigenvalue weighted by Crippen LogP contribution is -2.45. The zero-order chi connectivity index (χ0) is 99.2. The first-order valence-electron chi connectivity index (χ1n) is 45.0. The molecule has 6 amide bonds. The molecule has 2 unspecified atom stereocenters. The largest absolute Gasteiger partial charge is 0.495 e. The third kappa shape index (κ3) is 24.8. The van der Waals surface area contributed by atoms with Crippen molar-refractivity contribution in [2.45, 2.75) is 64.3 Å². The Morgan fingerprint density at radius 3 is 1.03 bits per heavy atom. The van der Waals surface area contributed by atoms with E-state index in [-0.39, 0.29) is 54.2 Å². The van der Waals surface area contributed by atoms with Crippen molar-refractivity contribution in [2.75, 3.05) is 42.2 Å². The van der Waals surface area contributed by atoms with E-state index in [1.54, 1.807) is 162 Å². The number of nitrogens with zero attached hydrogens (tertiary/aromatic N) is 10. The molecule has 0 bridgehead atoms. The van der Waals surface area contributed by atoms with Gasteiger partial charge in [-0.15, -0.1) is 11.3 Å². The summed E-state index contributed by atoms with van der Waals surface area (Å²) >= 11 is 1.61. The second kappa shape index (κ2) is 48.1. The number of aliphatic hydroxyl groups is 1. The number of aromatic amines is 5. The summed E-state index contributed by atoms with van der Waals surface area (Å²) in [5.41, 5.74) is 20.9. The Morgan fingerprint density at radius 1 is 0.401 bits per heavy atom. The number of aliphatic hydroxyl groups excluding tert-OH is 1. The Morgan fingerprint density at radius 2 is 0.732 bits per heavy atom. The first-order valence-corrected chi connectivity index (χ1v) is 45.9. The standard InChI is InChI=1S/C25H23N5O3.C21H18N4O3.C21H24N4O3.C21H18N4O2S.C19H18N4O2/c1-33-23-18(25(32)28-21(24(26)31)15-17-5-3-2-4-6-17)8-10-20-22(23)19(29-30-20)9-7-16-11-13-27-14-12-16;1-27-20-16(21(26)23-13-15-3-2-12-28-15)5-7-18-19(20)17(24-25-18)6-4-14-8-10-22-11-9-14;1-13(2)18(12-26)23-21(27)15-5-7-17-19(20(15)28-3)16(24-25-17)6-4-14-8-10-22-11-9-14;1-27-20-16(21(26)23-13-15-3-2-12-28-15)5-7-18-19(20)17(24-25-18)6-4-14-8-10-22-11-9-14;1-25-18-14(19(24)21-13-3-4-13)5-7-16-17(18)15(22-23-16)6-2-12-8-10-20-11-9-12/h2-14,21H,15H2,1H3,(H2,26,31)(H,28,32)(H,29,30);2-12H,13H2,1H3,(H,23,26)(H,24,25);4-11,13,18,26H,12H2,1-3H3,(H,23,27)(H,24,25);2-12H,13H2,1H3,(H,23,26)(H,24,25);2,5-11,13H,3-4H2,1H3,(H,21,24)(H,22,23)/b9-7+;3*6-4+;6-2+. The van der Waals surface area contributed by atoms with Crippen molar-refractivity contribution in [3.05, 3.63) is 350 Å². The number of hydrogen-bond acceptors (Lipinski definition) is 24. The fourth-order valence-electron chi connectivity index (χ4n) is 15.2. The zero-order valence-corrected chi connectivity index (χ0v) is 79.1. The quantitative estimate of drug-likeness (QED) is 0.0186. The van der Waals surface area contributed by atoms with Crippen LogP contribution in [0.5, 0.6) is 28.7 Å². The average Bonchev–Trinajstić information content (AvgIpc) is 1.61. The summed E-state index contributed by atoms with van der Waals surface area (Å²) < 4.78 is 33.2. The summed E-state index contributed by atoms with van der Waals surface area (Å²) in [6, 6.07) is 52.5. The number of pyridine rings is 5. The number of methoxy groups -OCH3 is 5. The van der Waals surface area contributed by atoms with Crippen LogP contribution in [-0.4, -0.2) is 177 Å². The van der Waals surface area contributed by atoms with Gasteiger partial charge in [0.15, 0.2) is 0 Å². The van der Waals surface area contributed by atoms with Crippen molar-refractivity contribution in [1.82, 2.24) is 102 Å². The van der Waals surface area contributed by atoms with Crippen LogP contribution in [0.4, 0.5) is 0 Å². The fraction of sp³-hybridized carbons (Fsp3) is 0.159. The predicted molar refractivity (Wildman–Crippen MR) is 549 cm³/mol. The number of benzene rings is 6. The summed E-state index contributed by atoms with van der Waals surface area (Å²) in [5, 5.41) is 66.2. The van der Waals surface area contributed by atoms with Crippen LogP contribution in [0.25, 0.3) is 115 Å². The maximum Gasteiger partial charge on any atom is 0.255 e. The highest BCUT2D eigenvalue weighted by molar-refractivity contribution is 7.09. The van der Waals surface area contributed by atoms with Gasteiger partial charge in [-0.25, -0.2) is 0 Å². The van der Waals surface area contributed by atoms with Gasteiger partial charge in [0.05, 0.1) is 178 Å². The number of primary amides is 1. The molecule has 1 fully saturated rings. The number of nitrogens with one attached hydrogen (secondary N) is 10. The number of rotatable bonds is 32. The van der Waals surface area contributed by atoms with Gasteiger partial charge in [-0.3, -0.25) is 79.2 Å². The molecule has 13 N–H and O–H groups in total. The lowest BCUT2D eigenvalue weighted by atomic mass is 10.0. The number of amides is 6. The second-order valence-electron chi connectivity index (χ2n) is 32.4. The molecular formula is C107H101N21O13S. The molecule has 142 heavy (non-hydrogen) atoms. The molecule has 18 aromatic rings. The van der Waals surface area contributed by atoms with E-state index in [1.807, 2.05) is 195 Å². The smallest absolute Gasteiger partial charge is 0.255 e. The van der Waals surface area contributed by atoms with Crippen LogP contribution >= 0.6 is 11.3 Å². The molecule has 1 aliphatic rings. The number of fused-ring (bicyclic) bond motifs is 5. The highest BCUT2D eigenvalue weighted by atomic mass is 32.1. The molecule has 12 heterocycles. The lowest BCUT2D eigenvalue weighted by Gasteiger charge is -2.20. The van der Waals surface area contributed by atoms with Gasteiger partial charge in [0.2, 0.25) is 5.91 Å². The van der Waals surface area contributed by atoms with Crippen LogP contribution in [0.15, 0.2) is 254 Å². The lowest BCUT2D eigenvalue weighted by molar-refractivity contribution is -0.119. The molecule has 1 saturated carbocycles. The van der Waals surface area contributed by atoms with Gasteiger partial charge >= 0.3 is 0 Å². The van der Waals surface area contributed by atoms with E-state index in [2.05, 4.69) is 102 Å². The van der Waals surface area contributed by atoms with Crippen LogP contribution in [-0.2, 0) is 24.3 Å². The molecule has 2 atom stereocenters. The summed E-state index contributed by atoms with van der Waals surface area (Å²) in [4.78, 5) is 97.0. The highest BCUT2D eigenvalue weighted by Gasteiger charge is 2.30. The van der Waals surface area contributed by atoms with Crippen molar-refractivity contribution < 1.29 is 62.0 Å². The number of carbonyl (C=O) groups excluding carboxylic acids is 6. The van der Waals surface area contributed by atoms with E-state index in [0.717, 1.165) is 106 Å². The minimum atomic E-state index is -0.865. The Kier molecular flexibility index (Phi) is 33.3. The van der Waals surface area contributed by atoms with Crippen LogP contribution in [0.3, 0.4) is 0 Å². The number of thiophene rings is 1. The third-order valence-corrected chi connectivity index (χ3v) is 23.5. The van der Waals surface area contributed by atoms with Crippen LogP contribution in [0.1, 0.15) is 151 Å². The van der Waals surface area contributed by atoms with Gasteiger partial charge in [0, 0.05) is 79.3 Å². The van der Waals surface area contributed by atoms with E-state index in [4.69, 9.17) is 33.8 Å². The molecule has 0 spiro atoms. The van der Waals surface area contributed by atoms with Crippen molar-refractivity contribution in [3.63, 3.8) is 0 Å². The summed E-state index contributed by atoms with van der Waals surface area (Å²) in [7, 11) is 7.70. The first-order chi connectivity index (χ1) is 69.4. The number of nitrogens with two attached hydrogens (primary N) is 1. The zero-order valence-electron chi connectivity index (χ0n) is 78.3. The van der Waals surface area contributed by atoms with Gasteiger partial charge in [-0.2, -0.15) is 25.5 Å².